The number of hydrogen-bond acceptors (Lipinski definition) is 2. The second-order valence-corrected chi connectivity index (χ2v) is 4.85. The molecule has 1 heterocycles. The largest absolute Gasteiger partial charge is 0.306 e. The normalized spacial score (nSPS) is 10.6. The molecule has 88 valence electrons. The number of aryl methyl sites for hydroxylation is 2. The summed E-state index contributed by atoms with van der Waals surface area (Å²) in [5, 5.41) is 0. The third-order valence-electron chi connectivity index (χ3n) is 2.48. The zero-order valence-corrected chi connectivity index (χ0v) is 11.5. The summed E-state index contributed by atoms with van der Waals surface area (Å²) in [6.45, 7) is 3.61. The van der Waals surface area contributed by atoms with Gasteiger partial charge in [0, 0.05) is 5.56 Å². The molecule has 0 saturated heterocycles. The van der Waals surface area contributed by atoms with E-state index < -0.39 is 0 Å². The van der Waals surface area contributed by atoms with Gasteiger partial charge in [0.25, 0.3) is 5.56 Å². The molecule has 0 unspecified atom stereocenters. The fourth-order valence-electron chi connectivity index (χ4n) is 1.55. The number of hydrogen-bond donors (Lipinski definition) is 1. The van der Waals surface area contributed by atoms with Crippen molar-refractivity contribution in [2.45, 2.75) is 13.8 Å². The minimum absolute atomic E-state index is 0.197. The summed E-state index contributed by atoms with van der Waals surface area (Å²) in [6, 6.07) is 4.42. The first-order chi connectivity index (χ1) is 7.99. The van der Waals surface area contributed by atoms with Crippen LogP contribution in [0.15, 0.2) is 23.0 Å². The van der Waals surface area contributed by atoms with Crippen molar-refractivity contribution >= 4 is 22.6 Å². The van der Waals surface area contributed by atoms with Gasteiger partial charge in [0.05, 0.1) is 9.26 Å². The molecule has 0 fully saturated rings. The molecule has 0 aliphatic rings. The van der Waals surface area contributed by atoms with E-state index in [1.807, 2.05) is 29.5 Å². The maximum atomic E-state index is 13.2. The minimum Gasteiger partial charge on any atom is -0.306 e. The number of aromatic nitrogens is 2. The number of benzene rings is 1. The molecule has 0 amide bonds. The smallest absolute Gasteiger partial charge is 0.264 e. The van der Waals surface area contributed by atoms with Gasteiger partial charge >= 0.3 is 0 Å². The molecule has 17 heavy (non-hydrogen) atoms. The van der Waals surface area contributed by atoms with Gasteiger partial charge in [0.2, 0.25) is 0 Å². The van der Waals surface area contributed by atoms with Gasteiger partial charge < -0.3 is 4.98 Å². The molecular weight excluding hydrogens is 334 g/mol. The van der Waals surface area contributed by atoms with Crippen molar-refractivity contribution in [2.75, 3.05) is 0 Å². The Balaban J connectivity index is 2.69. The van der Waals surface area contributed by atoms with E-state index in [1.165, 1.54) is 12.1 Å². The second kappa shape index (κ2) is 4.56. The lowest BCUT2D eigenvalue weighted by Gasteiger charge is -2.06. The topological polar surface area (TPSA) is 45.8 Å². The SMILES string of the molecule is Cc1ccc(F)cc1-c1nc(C)c(I)c(=O)[nH]1. The Labute approximate surface area is 111 Å². The summed E-state index contributed by atoms with van der Waals surface area (Å²) in [6.07, 6.45) is 0. The van der Waals surface area contributed by atoms with Crippen LogP contribution in [0.3, 0.4) is 0 Å². The van der Waals surface area contributed by atoms with Gasteiger partial charge in [-0.05, 0) is 54.1 Å². The van der Waals surface area contributed by atoms with Gasteiger partial charge in [-0.15, -0.1) is 0 Å². The predicted octanol–water partition coefficient (Wildman–Crippen LogP) is 2.80. The average Bonchev–Trinajstić information content (AvgIpc) is 2.28. The van der Waals surface area contributed by atoms with Crippen LogP contribution in [0, 0.1) is 23.2 Å². The number of nitrogens with zero attached hydrogens (tertiary/aromatic N) is 1. The molecule has 3 nitrogen and oxygen atoms in total. The number of nitrogens with one attached hydrogen (secondary N) is 1. The van der Waals surface area contributed by atoms with Gasteiger partial charge in [-0.2, -0.15) is 0 Å². The van der Waals surface area contributed by atoms with Crippen molar-refractivity contribution in [3.63, 3.8) is 0 Å². The molecule has 0 aliphatic heterocycles. The lowest BCUT2D eigenvalue weighted by molar-refractivity contribution is 0.627. The zero-order chi connectivity index (χ0) is 12.6. The number of halogens is 2. The second-order valence-electron chi connectivity index (χ2n) is 3.77. The Morgan fingerprint density at radius 3 is 2.71 bits per heavy atom. The lowest BCUT2D eigenvalue weighted by atomic mass is 10.1. The highest BCUT2D eigenvalue weighted by Gasteiger charge is 2.09. The summed E-state index contributed by atoms with van der Waals surface area (Å²) in [4.78, 5) is 18.6. The Morgan fingerprint density at radius 2 is 2.06 bits per heavy atom. The van der Waals surface area contributed by atoms with Crippen LogP contribution in [-0.2, 0) is 0 Å². The van der Waals surface area contributed by atoms with E-state index >= 15 is 0 Å². The molecule has 0 saturated carbocycles. The fraction of sp³-hybridized carbons (Fsp3) is 0.167. The van der Waals surface area contributed by atoms with E-state index in [-0.39, 0.29) is 11.4 Å². The Bertz CT molecular complexity index is 637. The van der Waals surface area contributed by atoms with Crippen molar-refractivity contribution in [1.29, 1.82) is 0 Å². The van der Waals surface area contributed by atoms with Crippen LogP contribution in [-0.4, -0.2) is 9.97 Å². The van der Waals surface area contributed by atoms with Crippen LogP contribution >= 0.6 is 22.6 Å². The van der Waals surface area contributed by atoms with Crippen LogP contribution in [0.25, 0.3) is 11.4 Å². The predicted molar refractivity (Wildman–Crippen MR) is 72.4 cm³/mol. The van der Waals surface area contributed by atoms with Crippen molar-refractivity contribution in [3.05, 3.63) is 49.2 Å². The third-order valence-corrected chi connectivity index (χ3v) is 3.75. The summed E-state index contributed by atoms with van der Waals surface area (Å²) < 4.78 is 13.7. The molecule has 1 N–H and O–H groups in total. The van der Waals surface area contributed by atoms with E-state index in [0.29, 0.717) is 20.7 Å². The third kappa shape index (κ3) is 2.38. The van der Waals surface area contributed by atoms with E-state index in [9.17, 15) is 9.18 Å². The molecule has 2 aromatic rings. The van der Waals surface area contributed by atoms with Crippen LogP contribution < -0.4 is 5.56 Å². The van der Waals surface area contributed by atoms with Crippen molar-refractivity contribution in [2.24, 2.45) is 0 Å². The lowest BCUT2D eigenvalue weighted by Crippen LogP contribution is -2.14. The summed E-state index contributed by atoms with van der Waals surface area (Å²) in [5.74, 6) is 0.0642. The molecule has 0 radical (unpaired) electrons. The van der Waals surface area contributed by atoms with E-state index in [0.717, 1.165) is 5.56 Å². The highest BCUT2D eigenvalue weighted by atomic mass is 127. The maximum absolute atomic E-state index is 13.2. The van der Waals surface area contributed by atoms with E-state index in [1.54, 1.807) is 13.0 Å². The molecule has 1 aromatic heterocycles. The molecule has 0 bridgehead atoms. The quantitative estimate of drug-likeness (QED) is 0.809. The maximum Gasteiger partial charge on any atom is 0.264 e. The molecule has 2 rings (SSSR count). The number of aromatic amines is 1. The van der Waals surface area contributed by atoms with Gasteiger partial charge in [-0.25, -0.2) is 9.37 Å². The Morgan fingerprint density at radius 1 is 1.35 bits per heavy atom. The molecule has 0 atom stereocenters. The monoisotopic (exact) mass is 344 g/mol. The average molecular weight is 344 g/mol. The molecular formula is C12H10FIN2O. The first-order valence-corrected chi connectivity index (χ1v) is 6.10. The van der Waals surface area contributed by atoms with Crippen LogP contribution in [0.1, 0.15) is 11.3 Å². The van der Waals surface area contributed by atoms with Gasteiger partial charge in [0.15, 0.2) is 0 Å². The molecule has 1 aromatic carbocycles. The van der Waals surface area contributed by atoms with Gasteiger partial charge in [-0.1, -0.05) is 6.07 Å². The van der Waals surface area contributed by atoms with Crippen LogP contribution in [0.2, 0.25) is 0 Å². The van der Waals surface area contributed by atoms with Crippen molar-refractivity contribution < 1.29 is 4.39 Å². The zero-order valence-electron chi connectivity index (χ0n) is 9.34. The van der Waals surface area contributed by atoms with Crippen LogP contribution in [0.4, 0.5) is 4.39 Å². The summed E-state index contributed by atoms with van der Waals surface area (Å²) in [7, 11) is 0. The summed E-state index contributed by atoms with van der Waals surface area (Å²) in [5.41, 5.74) is 1.93. The van der Waals surface area contributed by atoms with E-state index in [4.69, 9.17) is 0 Å². The number of H-pyrrole nitrogens is 1. The molecule has 5 heteroatoms. The van der Waals surface area contributed by atoms with Crippen molar-refractivity contribution in [3.8, 4) is 11.4 Å². The minimum atomic E-state index is -0.343. The summed E-state index contributed by atoms with van der Waals surface area (Å²) >= 11 is 1.94. The highest BCUT2D eigenvalue weighted by Crippen LogP contribution is 2.20. The van der Waals surface area contributed by atoms with Gasteiger partial charge in [-0.3, -0.25) is 4.79 Å². The molecule has 0 spiro atoms. The first-order valence-electron chi connectivity index (χ1n) is 5.02. The van der Waals surface area contributed by atoms with Crippen LogP contribution in [0.5, 0.6) is 0 Å². The first kappa shape index (κ1) is 12.2. The molecule has 0 aliphatic carbocycles. The fourth-order valence-corrected chi connectivity index (χ4v) is 1.80. The van der Waals surface area contributed by atoms with Crippen molar-refractivity contribution in [1.82, 2.24) is 9.97 Å². The van der Waals surface area contributed by atoms with Gasteiger partial charge in [0.1, 0.15) is 11.6 Å². The Kier molecular flexibility index (Phi) is 3.28. The highest BCUT2D eigenvalue weighted by molar-refractivity contribution is 14.1. The van der Waals surface area contributed by atoms with E-state index in [2.05, 4.69) is 9.97 Å². The number of rotatable bonds is 1. The standard InChI is InChI=1S/C12H10FIN2O/c1-6-3-4-8(13)5-9(6)11-15-7(2)10(14)12(17)16-11/h3-5H,1-2H3,(H,15,16,17). The Hall–Kier alpha value is -1.24.